The Morgan fingerprint density at radius 2 is 1.88 bits per heavy atom. The molecule has 86 valence electrons. The molecule has 4 nitrogen and oxygen atoms in total. The maximum atomic E-state index is 11.9. The molecule has 1 rings (SSSR count). The van der Waals surface area contributed by atoms with Crippen LogP contribution in [0, 0.1) is 0 Å². The molecule has 0 saturated heterocycles. The van der Waals surface area contributed by atoms with Gasteiger partial charge in [-0.05, 0) is 14.0 Å². The van der Waals surface area contributed by atoms with Gasteiger partial charge in [-0.3, -0.25) is 14.5 Å². The highest BCUT2D eigenvalue weighted by molar-refractivity contribution is 5.99. The molecule has 1 unspecified atom stereocenters. The number of Topliss-reactive ketones (excluding diaryl/α,β-unsaturated/α-hetero) is 1. The minimum absolute atomic E-state index is 0.0654. The molecule has 16 heavy (non-hydrogen) atoms. The fraction of sp³-hybridized carbons (Fsp3) is 0.333. The van der Waals surface area contributed by atoms with Gasteiger partial charge in [0.05, 0.1) is 12.6 Å². The quantitative estimate of drug-likeness (QED) is 0.761. The van der Waals surface area contributed by atoms with Crippen LogP contribution in [0.2, 0.25) is 0 Å². The molecule has 0 fully saturated rings. The van der Waals surface area contributed by atoms with E-state index >= 15 is 0 Å². The molecular formula is C12H15NO3. The second kappa shape index (κ2) is 5.42. The van der Waals surface area contributed by atoms with Gasteiger partial charge in [0.15, 0.2) is 5.78 Å². The average Bonchev–Trinajstić information content (AvgIpc) is 2.27. The van der Waals surface area contributed by atoms with Gasteiger partial charge >= 0.3 is 5.97 Å². The lowest BCUT2D eigenvalue weighted by Crippen LogP contribution is -2.39. The summed E-state index contributed by atoms with van der Waals surface area (Å²) in [6.45, 7) is 1.57. The van der Waals surface area contributed by atoms with Gasteiger partial charge in [0, 0.05) is 5.56 Å². The number of likely N-dealkylation sites (N-methyl/N-ethyl adjacent to an activating group) is 1. The number of nitrogens with zero attached hydrogens (tertiary/aromatic N) is 1. The fourth-order valence-electron chi connectivity index (χ4n) is 1.39. The summed E-state index contributed by atoms with van der Waals surface area (Å²) >= 11 is 0. The average molecular weight is 221 g/mol. The first-order chi connectivity index (χ1) is 7.52. The number of carboxylic acid groups (broad SMARTS) is 1. The predicted molar refractivity (Wildman–Crippen MR) is 60.5 cm³/mol. The molecule has 0 aromatic heterocycles. The van der Waals surface area contributed by atoms with Crippen molar-refractivity contribution in [3.63, 3.8) is 0 Å². The highest BCUT2D eigenvalue weighted by Crippen LogP contribution is 2.07. The van der Waals surface area contributed by atoms with Crippen molar-refractivity contribution in [3.8, 4) is 0 Å². The number of hydrogen-bond donors (Lipinski definition) is 1. The molecule has 0 saturated carbocycles. The van der Waals surface area contributed by atoms with Crippen molar-refractivity contribution in [1.29, 1.82) is 0 Å². The van der Waals surface area contributed by atoms with Gasteiger partial charge < -0.3 is 5.11 Å². The molecule has 1 aromatic rings. The van der Waals surface area contributed by atoms with Crippen molar-refractivity contribution in [3.05, 3.63) is 35.9 Å². The van der Waals surface area contributed by atoms with Crippen LogP contribution in [0.25, 0.3) is 0 Å². The largest absolute Gasteiger partial charge is 0.480 e. The van der Waals surface area contributed by atoms with Crippen molar-refractivity contribution in [2.45, 2.75) is 13.0 Å². The molecule has 4 heteroatoms. The van der Waals surface area contributed by atoms with E-state index in [4.69, 9.17) is 5.11 Å². The Kier molecular flexibility index (Phi) is 4.19. The van der Waals surface area contributed by atoms with E-state index in [0.29, 0.717) is 5.56 Å². The van der Waals surface area contributed by atoms with Crippen molar-refractivity contribution >= 4 is 11.8 Å². The Morgan fingerprint density at radius 1 is 1.31 bits per heavy atom. The highest BCUT2D eigenvalue weighted by Gasteiger charge is 2.20. The topological polar surface area (TPSA) is 57.6 Å². The molecule has 0 aliphatic rings. The molecule has 1 aromatic carbocycles. The Labute approximate surface area is 94.5 Å². The van der Waals surface area contributed by atoms with Crippen LogP contribution in [0.1, 0.15) is 17.3 Å². The first-order valence-corrected chi connectivity index (χ1v) is 5.03. The van der Waals surface area contributed by atoms with Crippen LogP contribution in [-0.2, 0) is 4.79 Å². The number of carbonyl (C=O) groups is 2. The van der Waals surface area contributed by atoms with E-state index in [2.05, 4.69) is 0 Å². The van der Waals surface area contributed by atoms with Crippen molar-refractivity contribution < 1.29 is 14.7 Å². The Hall–Kier alpha value is -1.68. The van der Waals surface area contributed by atoms with Crippen LogP contribution in [0.15, 0.2) is 30.3 Å². The highest BCUT2D eigenvalue weighted by atomic mass is 16.4. The lowest BCUT2D eigenvalue weighted by atomic mass is 10.0. The molecule has 0 aliphatic carbocycles. The summed E-state index contributed by atoms with van der Waals surface area (Å²) in [5.74, 6) is -1.00. The summed E-state index contributed by atoms with van der Waals surface area (Å²) in [5.41, 5.74) is 0.604. The third-order valence-corrected chi connectivity index (χ3v) is 2.48. The van der Waals surface area contributed by atoms with Crippen LogP contribution < -0.4 is 0 Å². The molecular weight excluding hydrogens is 206 g/mol. The maximum Gasteiger partial charge on any atom is 0.317 e. The van der Waals surface area contributed by atoms with Crippen LogP contribution >= 0.6 is 0 Å². The SMILES string of the molecule is CC(C(=O)c1ccccc1)N(C)CC(=O)O. The summed E-state index contributed by atoms with van der Waals surface area (Å²) in [7, 11) is 1.62. The second-order valence-electron chi connectivity index (χ2n) is 3.72. The number of carbonyl (C=O) groups excluding carboxylic acids is 1. The van der Waals surface area contributed by atoms with Gasteiger partial charge in [0.2, 0.25) is 0 Å². The zero-order chi connectivity index (χ0) is 12.1. The summed E-state index contributed by atoms with van der Waals surface area (Å²) in [5, 5.41) is 8.63. The van der Waals surface area contributed by atoms with E-state index < -0.39 is 12.0 Å². The zero-order valence-electron chi connectivity index (χ0n) is 9.38. The van der Waals surface area contributed by atoms with E-state index in [1.54, 1.807) is 38.2 Å². The maximum absolute atomic E-state index is 11.9. The zero-order valence-corrected chi connectivity index (χ0v) is 9.38. The fourth-order valence-corrected chi connectivity index (χ4v) is 1.39. The molecule has 0 spiro atoms. The molecule has 0 heterocycles. The van der Waals surface area contributed by atoms with E-state index in [0.717, 1.165) is 0 Å². The van der Waals surface area contributed by atoms with Crippen molar-refractivity contribution in [2.75, 3.05) is 13.6 Å². The van der Waals surface area contributed by atoms with Gasteiger partial charge in [0.25, 0.3) is 0 Å². The number of carboxylic acids is 1. The first kappa shape index (κ1) is 12.4. The number of aliphatic carboxylic acids is 1. The molecule has 1 atom stereocenters. The third kappa shape index (κ3) is 3.17. The molecule has 0 aliphatic heterocycles. The van der Waals surface area contributed by atoms with Crippen LogP contribution in [0.5, 0.6) is 0 Å². The lowest BCUT2D eigenvalue weighted by molar-refractivity contribution is -0.138. The lowest BCUT2D eigenvalue weighted by Gasteiger charge is -2.21. The molecule has 0 bridgehead atoms. The van der Waals surface area contributed by atoms with Crippen LogP contribution in [0.4, 0.5) is 0 Å². The van der Waals surface area contributed by atoms with Crippen molar-refractivity contribution in [2.24, 2.45) is 0 Å². The standard InChI is InChI=1S/C12H15NO3/c1-9(13(2)8-11(14)15)12(16)10-6-4-3-5-7-10/h3-7,9H,8H2,1-2H3,(H,14,15). The van der Waals surface area contributed by atoms with Gasteiger partial charge in [-0.15, -0.1) is 0 Å². The summed E-state index contributed by atoms with van der Waals surface area (Å²) in [4.78, 5) is 24.0. The minimum atomic E-state index is -0.935. The summed E-state index contributed by atoms with van der Waals surface area (Å²) in [6.07, 6.45) is 0. The monoisotopic (exact) mass is 221 g/mol. The van der Waals surface area contributed by atoms with Crippen LogP contribution in [-0.4, -0.2) is 41.4 Å². The number of ketones is 1. The first-order valence-electron chi connectivity index (χ1n) is 5.03. The van der Waals surface area contributed by atoms with Gasteiger partial charge in [-0.1, -0.05) is 30.3 Å². The van der Waals surface area contributed by atoms with Gasteiger partial charge in [-0.25, -0.2) is 0 Å². The van der Waals surface area contributed by atoms with E-state index in [1.165, 1.54) is 4.90 Å². The Balaban J connectivity index is 2.71. The van der Waals surface area contributed by atoms with E-state index in [-0.39, 0.29) is 12.3 Å². The normalized spacial score (nSPS) is 12.4. The minimum Gasteiger partial charge on any atom is -0.480 e. The number of benzene rings is 1. The summed E-state index contributed by atoms with van der Waals surface area (Å²) < 4.78 is 0. The van der Waals surface area contributed by atoms with E-state index in [9.17, 15) is 9.59 Å². The van der Waals surface area contributed by atoms with E-state index in [1.807, 2.05) is 6.07 Å². The van der Waals surface area contributed by atoms with Crippen LogP contribution in [0.3, 0.4) is 0 Å². The number of hydrogen-bond acceptors (Lipinski definition) is 3. The predicted octanol–water partition coefficient (Wildman–Crippen LogP) is 1.27. The van der Waals surface area contributed by atoms with Gasteiger partial charge in [0.1, 0.15) is 0 Å². The third-order valence-electron chi connectivity index (χ3n) is 2.48. The van der Waals surface area contributed by atoms with Crippen molar-refractivity contribution in [1.82, 2.24) is 4.90 Å². The number of rotatable bonds is 5. The molecule has 0 amide bonds. The Bertz CT molecular complexity index is 375. The van der Waals surface area contributed by atoms with Gasteiger partial charge in [-0.2, -0.15) is 0 Å². The molecule has 0 radical (unpaired) electrons. The second-order valence-corrected chi connectivity index (χ2v) is 3.72. The molecule has 1 N–H and O–H groups in total. The Morgan fingerprint density at radius 3 is 2.38 bits per heavy atom. The smallest absolute Gasteiger partial charge is 0.317 e. The summed E-state index contributed by atoms with van der Waals surface area (Å²) in [6, 6.07) is 8.44.